The van der Waals surface area contributed by atoms with Crippen molar-refractivity contribution in [3.63, 3.8) is 0 Å². The summed E-state index contributed by atoms with van der Waals surface area (Å²) in [4.78, 5) is 51.0. The predicted molar refractivity (Wildman–Crippen MR) is 136 cm³/mol. The van der Waals surface area contributed by atoms with Crippen LogP contribution < -0.4 is 16.0 Å². The summed E-state index contributed by atoms with van der Waals surface area (Å²) in [7, 11) is 1.83. The van der Waals surface area contributed by atoms with Gasteiger partial charge in [-0.05, 0) is 49.3 Å². The average Bonchev–Trinajstić information content (AvgIpc) is 3.23. The smallest absolute Gasteiger partial charge is 0.320 e. The van der Waals surface area contributed by atoms with Gasteiger partial charge in [-0.3, -0.25) is 9.59 Å². The van der Waals surface area contributed by atoms with E-state index in [1.54, 1.807) is 11.1 Å². The van der Waals surface area contributed by atoms with Crippen LogP contribution in [0.15, 0.2) is 30.5 Å². The number of anilines is 3. The predicted octanol–water partition coefficient (Wildman–Crippen LogP) is 2.88. The summed E-state index contributed by atoms with van der Waals surface area (Å²) in [5, 5.41) is 3.22. The van der Waals surface area contributed by atoms with Gasteiger partial charge in [-0.2, -0.15) is 0 Å². The number of hydrogen-bond donors (Lipinski definition) is 2. The van der Waals surface area contributed by atoms with E-state index in [9.17, 15) is 14.4 Å². The quantitative estimate of drug-likeness (QED) is 0.637. The van der Waals surface area contributed by atoms with Gasteiger partial charge in [0.05, 0.1) is 12.2 Å². The Bertz CT molecular complexity index is 1140. The van der Waals surface area contributed by atoms with Crippen LogP contribution in [-0.4, -0.2) is 76.8 Å². The fourth-order valence-corrected chi connectivity index (χ4v) is 5.47. The van der Waals surface area contributed by atoms with E-state index in [1.807, 2.05) is 24.1 Å². The number of amides is 3. The number of hydrogen-bond acceptors (Lipinski definition) is 7. The molecule has 3 N–H and O–H groups in total. The zero-order valence-corrected chi connectivity index (χ0v) is 20.7. The number of ketones is 1. The van der Waals surface area contributed by atoms with Crippen molar-refractivity contribution in [2.75, 3.05) is 43.4 Å². The van der Waals surface area contributed by atoms with Crippen molar-refractivity contribution in [3.05, 3.63) is 41.7 Å². The van der Waals surface area contributed by atoms with Gasteiger partial charge in [0.25, 0.3) is 5.91 Å². The molecular formula is C26H33N7O3. The first-order valence-corrected chi connectivity index (χ1v) is 12.7. The Hall–Kier alpha value is -3.69. The molecule has 1 aromatic heterocycles. The maximum Gasteiger partial charge on any atom is 0.320 e. The molecule has 2 saturated heterocycles. The second kappa shape index (κ2) is 10.1. The number of primary amides is 1. The number of aromatic nitrogens is 2. The van der Waals surface area contributed by atoms with Crippen molar-refractivity contribution in [2.45, 2.75) is 50.5 Å². The maximum absolute atomic E-state index is 12.5. The second-order valence-electron chi connectivity index (χ2n) is 9.99. The van der Waals surface area contributed by atoms with E-state index in [1.165, 1.54) is 5.56 Å². The van der Waals surface area contributed by atoms with Crippen molar-refractivity contribution in [1.29, 1.82) is 0 Å². The summed E-state index contributed by atoms with van der Waals surface area (Å²) in [6.07, 6.45) is 6.55. The van der Waals surface area contributed by atoms with Crippen LogP contribution in [-0.2, 0) is 4.79 Å². The minimum absolute atomic E-state index is 0.0719. The molecule has 10 heteroatoms. The van der Waals surface area contributed by atoms with Crippen LogP contribution >= 0.6 is 0 Å². The Labute approximate surface area is 210 Å². The van der Waals surface area contributed by atoms with Crippen LogP contribution in [0.25, 0.3) is 0 Å². The van der Waals surface area contributed by atoms with E-state index < -0.39 is 5.91 Å². The van der Waals surface area contributed by atoms with Crippen molar-refractivity contribution >= 4 is 35.0 Å². The highest BCUT2D eigenvalue weighted by Crippen LogP contribution is 2.32. The highest BCUT2D eigenvalue weighted by atomic mass is 16.2. The molecule has 3 aliphatic rings. The lowest BCUT2D eigenvalue weighted by Crippen LogP contribution is -2.49. The van der Waals surface area contributed by atoms with E-state index >= 15 is 0 Å². The topological polar surface area (TPSA) is 125 Å². The van der Waals surface area contributed by atoms with Crippen molar-refractivity contribution in [2.24, 2.45) is 5.73 Å². The van der Waals surface area contributed by atoms with Crippen LogP contribution in [0.1, 0.15) is 60.5 Å². The molecule has 3 amide bonds. The molecule has 10 nitrogen and oxygen atoms in total. The van der Waals surface area contributed by atoms with Gasteiger partial charge in [0.1, 0.15) is 11.6 Å². The Morgan fingerprint density at radius 2 is 1.81 bits per heavy atom. The van der Waals surface area contributed by atoms with E-state index in [2.05, 4.69) is 27.3 Å². The Morgan fingerprint density at radius 1 is 1.06 bits per heavy atom. The standard InChI is InChI=1S/C26H33N7O3/c1-31-13-14-33(26(31)36)20-3-2-12-32(16-20)22-15-28-23(24(27)35)25(30-22)29-19-8-4-17(5-9-19)18-6-10-21(34)11-7-18/h4-5,8-9,15,18,20H,2-3,6-7,10-14,16H2,1H3,(H2,27,35)(H,29,30)/t20-/m1/s1. The number of urea groups is 1. The summed E-state index contributed by atoms with van der Waals surface area (Å²) in [5.41, 5.74) is 7.67. The minimum Gasteiger partial charge on any atom is -0.364 e. The summed E-state index contributed by atoms with van der Waals surface area (Å²) in [6, 6.07) is 8.22. The van der Waals surface area contributed by atoms with E-state index in [4.69, 9.17) is 10.7 Å². The Balaban J connectivity index is 1.32. The molecular weight excluding hydrogens is 458 g/mol. The summed E-state index contributed by atoms with van der Waals surface area (Å²) in [5.74, 6) is 1.06. The third kappa shape index (κ3) is 4.98. The number of piperidine rings is 1. The second-order valence-corrected chi connectivity index (χ2v) is 9.99. The Kier molecular flexibility index (Phi) is 6.75. The van der Waals surface area contributed by atoms with Gasteiger partial charge < -0.3 is 25.8 Å². The number of rotatable bonds is 6. The average molecular weight is 492 g/mol. The highest BCUT2D eigenvalue weighted by Gasteiger charge is 2.34. The number of nitrogens with zero attached hydrogens (tertiary/aromatic N) is 5. The number of nitrogens with two attached hydrogens (primary N) is 1. The molecule has 0 spiro atoms. The molecule has 190 valence electrons. The zero-order valence-electron chi connectivity index (χ0n) is 20.7. The zero-order chi connectivity index (χ0) is 25.2. The molecule has 0 unspecified atom stereocenters. The molecule has 0 radical (unpaired) electrons. The summed E-state index contributed by atoms with van der Waals surface area (Å²) < 4.78 is 0. The molecule has 36 heavy (non-hydrogen) atoms. The number of Topliss-reactive ketones (excluding diaryl/α,β-unsaturated/α-hetero) is 1. The third-order valence-corrected chi connectivity index (χ3v) is 7.59. The lowest BCUT2D eigenvalue weighted by molar-refractivity contribution is -0.120. The first-order valence-electron chi connectivity index (χ1n) is 12.7. The summed E-state index contributed by atoms with van der Waals surface area (Å²) in [6.45, 7) is 2.95. The normalized spacial score (nSPS) is 21.2. The molecule has 3 heterocycles. The molecule has 1 aromatic carbocycles. The number of likely N-dealkylation sites (N-methyl/N-ethyl adjacent to an activating group) is 1. The SMILES string of the molecule is CN1CCN([C@@H]2CCCN(c3cnc(C(N)=O)c(Nc4ccc(C5CCC(=O)CC5)cc4)n3)C2)C1=O. The summed E-state index contributed by atoms with van der Waals surface area (Å²) >= 11 is 0. The monoisotopic (exact) mass is 491 g/mol. The van der Waals surface area contributed by atoms with Crippen LogP contribution in [0.4, 0.5) is 22.1 Å². The number of carbonyl (C=O) groups is 3. The van der Waals surface area contributed by atoms with Crippen molar-refractivity contribution in [3.8, 4) is 0 Å². The van der Waals surface area contributed by atoms with Crippen LogP contribution in [0.2, 0.25) is 0 Å². The van der Waals surface area contributed by atoms with Crippen LogP contribution in [0.3, 0.4) is 0 Å². The lowest BCUT2D eigenvalue weighted by atomic mass is 9.83. The van der Waals surface area contributed by atoms with Gasteiger partial charge in [0.15, 0.2) is 11.5 Å². The van der Waals surface area contributed by atoms with Crippen LogP contribution in [0.5, 0.6) is 0 Å². The van der Waals surface area contributed by atoms with Gasteiger partial charge in [-0.25, -0.2) is 14.8 Å². The fourth-order valence-electron chi connectivity index (χ4n) is 5.47. The van der Waals surface area contributed by atoms with Gasteiger partial charge in [0, 0.05) is 51.8 Å². The molecule has 0 bridgehead atoms. The number of nitrogens with one attached hydrogen (secondary N) is 1. The van der Waals surface area contributed by atoms with E-state index in [-0.39, 0.29) is 17.8 Å². The first kappa shape index (κ1) is 24.0. The lowest BCUT2D eigenvalue weighted by Gasteiger charge is -2.37. The van der Waals surface area contributed by atoms with Crippen molar-refractivity contribution in [1.82, 2.24) is 19.8 Å². The van der Waals surface area contributed by atoms with Gasteiger partial charge in [-0.15, -0.1) is 0 Å². The fraction of sp³-hybridized carbons (Fsp3) is 0.500. The van der Waals surface area contributed by atoms with E-state index in [0.717, 1.165) is 51.0 Å². The molecule has 3 fully saturated rings. The maximum atomic E-state index is 12.5. The molecule has 1 atom stereocenters. The van der Waals surface area contributed by atoms with Crippen molar-refractivity contribution < 1.29 is 14.4 Å². The van der Waals surface area contributed by atoms with Crippen LogP contribution in [0, 0.1) is 0 Å². The highest BCUT2D eigenvalue weighted by molar-refractivity contribution is 5.96. The molecule has 1 saturated carbocycles. The van der Waals surface area contributed by atoms with Gasteiger partial charge >= 0.3 is 6.03 Å². The van der Waals surface area contributed by atoms with Gasteiger partial charge in [0.2, 0.25) is 0 Å². The largest absolute Gasteiger partial charge is 0.364 e. The number of benzene rings is 1. The molecule has 1 aliphatic carbocycles. The first-order chi connectivity index (χ1) is 17.4. The Morgan fingerprint density at radius 3 is 2.47 bits per heavy atom. The van der Waals surface area contributed by atoms with Gasteiger partial charge in [-0.1, -0.05) is 12.1 Å². The van der Waals surface area contributed by atoms with E-state index in [0.29, 0.717) is 42.7 Å². The molecule has 2 aliphatic heterocycles. The minimum atomic E-state index is -0.651. The number of carbonyl (C=O) groups excluding carboxylic acids is 3. The molecule has 5 rings (SSSR count). The third-order valence-electron chi connectivity index (χ3n) is 7.59. The molecule has 2 aromatic rings.